The van der Waals surface area contributed by atoms with E-state index in [9.17, 15) is 14.0 Å². The molecule has 0 saturated carbocycles. The molecular formula is C16H22FN3O3. The summed E-state index contributed by atoms with van der Waals surface area (Å²) in [4.78, 5) is 25.3. The zero-order valence-corrected chi connectivity index (χ0v) is 13.2. The van der Waals surface area contributed by atoms with E-state index in [2.05, 4.69) is 10.6 Å². The fourth-order valence-corrected chi connectivity index (χ4v) is 2.40. The van der Waals surface area contributed by atoms with Gasteiger partial charge in [0, 0.05) is 18.8 Å². The minimum atomic E-state index is -0.412. The fraction of sp³-hybridized carbons (Fsp3) is 0.500. The molecule has 1 aromatic carbocycles. The van der Waals surface area contributed by atoms with Crippen LogP contribution >= 0.6 is 0 Å². The van der Waals surface area contributed by atoms with Gasteiger partial charge in [0.15, 0.2) is 0 Å². The van der Waals surface area contributed by atoms with E-state index in [0.717, 1.165) is 19.4 Å². The summed E-state index contributed by atoms with van der Waals surface area (Å²) in [6.45, 7) is 1.41. The third-order valence-electron chi connectivity index (χ3n) is 3.49. The number of anilines is 1. The Balaban J connectivity index is 1.67. The number of nitrogens with zero attached hydrogens (tertiary/aromatic N) is 1. The monoisotopic (exact) mass is 323 g/mol. The SMILES string of the molecule is CN(CC(=O)NC[C@H]1CCCO1)CC(=O)Nc1cccc(F)c1. The lowest BCUT2D eigenvalue weighted by Gasteiger charge is -2.17. The number of nitrogens with one attached hydrogen (secondary N) is 2. The van der Waals surface area contributed by atoms with Gasteiger partial charge in [0.1, 0.15) is 5.82 Å². The number of benzene rings is 1. The van der Waals surface area contributed by atoms with Gasteiger partial charge in [-0.3, -0.25) is 14.5 Å². The molecule has 1 saturated heterocycles. The third kappa shape index (κ3) is 6.33. The Hall–Kier alpha value is -1.99. The second-order valence-electron chi connectivity index (χ2n) is 5.67. The molecule has 7 heteroatoms. The maximum Gasteiger partial charge on any atom is 0.238 e. The molecule has 1 heterocycles. The van der Waals surface area contributed by atoms with Gasteiger partial charge in [0.05, 0.1) is 19.2 Å². The van der Waals surface area contributed by atoms with Crippen LogP contribution in [0, 0.1) is 5.82 Å². The molecule has 1 aliphatic rings. The van der Waals surface area contributed by atoms with Crippen molar-refractivity contribution in [3.63, 3.8) is 0 Å². The summed E-state index contributed by atoms with van der Waals surface area (Å²) in [5.41, 5.74) is 0.395. The Morgan fingerprint density at radius 3 is 2.83 bits per heavy atom. The van der Waals surface area contributed by atoms with Crippen LogP contribution in [0.2, 0.25) is 0 Å². The largest absolute Gasteiger partial charge is 0.376 e. The van der Waals surface area contributed by atoms with E-state index in [1.165, 1.54) is 18.2 Å². The summed E-state index contributed by atoms with van der Waals surface area (Å²) in [7, 11) is 1.68. The predicted molar refractivity (Wildman–Crippen MR) is 84.5 cm³/mol. The molecule has 1 fully saturated rings. The lowest BCUT2D eigenvalue weighted by Crippen LogP contribution is -2.41. The van der Waals surface area contributed by atoms with E-state index in [4.69, 9.17) is 4.74 Å². The quantitative estimate of drug-likeness (QED) is 0.785. The molecule has 6 nitrogen and oxygen atoms in total. The first kappa shape index (κ1) is 17.4. The minimum absolute atomic E-state index is 0.0455. The van der Waals surface area contributed by atoms with Crippen LogP contribution in [0.3, 0.4) is 0 Å². The second kappa shape index (κ2) is 8.59. The molecule has 1 atom stereocenters. The van der Waals surface area contributed by atoms with Crippen molar-refractivity contribution in [1.82, 2.24) is 10.2 Å². The van der Waals surface area contributed by atoms with Crippen molar-refractivity contribution >= 4 is 17.5 Å². The number of amides is 2. The van der Waals surface area contributed by atoms with Crippen LogP contribution in [-0.2, 0) is 14.3 Å². The van der Waals surface area contributed by atoms with E-state index >= 15 is 0 Å². The summed E-state index contributed by atoms with van der Waals surface area (Å²) >= 11 is 0. The van der Waals surface area contributed by atoms with Crippen molar-refractivity contribution in [3.05, 3.63) is 30.1 Å². The Labute approximate surface area is 135 Å². The van der Waals surface area contributed by atoms with Gasteiger partial charge in [-0.2, -0.15) is 0 Å². The van der Waals surface area contributed by atoms with E-state index in [1.807, 2.05) is 0 Å². The van der Waals surface area contributed by atoms with Crippen molar-refractivity contribution in [3.8, 4) is 0 Å². The number of rotatable bonds is 7. The van der Waals surface area contributed by atoms with Crippen LogP contribution in [0.5, 0.6) is 0 Å². The van der Waals surface area contributed by atoms with Crippen LogP contribution < -0.4 is 10.6 Å². The molecule has 0 spiro atoms. The summed E-state index contributed by atoms with van der Waals surface area (Å²) in [5, 5.41) is 5.39. The Kier molecular flexibility index (Phi) is 6.49. The highest BCUT2D eigenvalue weighted by atomic mass is 19.1. The predicted octanol–water partition coefficient (Wildman–Crippen LogP) is 0.991. The van der Waals surface area contributed by atoms with E-state index in [-0.39, 0.29) is 31.0 Å². The maximum atomic E-state index is 13.0. The number of carbonyl (C=O) groups is 2. The smallest absolute Gasteiger partial charge is 0.238 e. The zero-order valence-electron chi connectivity index (χ0n) is 13.2. The number of halogens is 1. The molecule has 23 heavy (non-hydrogen) atoms. The van der Waals surface area contributed by atoms with Crippen molar-refractivity contribution in [1.29, 1.82) is 0 Å². The standard InChI is InChI=1S/C16H22FN3O3/c1-20(10-15(21)18-9-14-6-3-7-23-14)11-16(22)19-13-5-2-4-12(17)8-13/h2,4-5,8,14H,3,6-7,9-11H2,1H3,(H,18,21)(H,19,22)/t14-/m1/s1. The van der Waals surface area contributed by atoms with E-state index < -0.39 is 5.82 Å². The van der Waals surface area contributed by atoms with Crippen molar-refractivity contribution in [2.45, 2.75) is 18.9 Å². The fourth-order valence-electron chi connectivity index (χ4n) is 2.40. The number of ether oxygens (including phenoxy) is 1. The Morgan fingerprint density at radius 2 is 2.13 bits per heavy atom. The van der Waals surface area contributed by atoms with Gasteiger partial charge >= 0.3 is 0 Å². The molecule has 1 aromatic rings. The first-order valence-electron chi connectivity index (χ1n) is 7.65. The van der Waals surface area contributed by atoms with Gasteiger partial charge in [0.25, 0.3) is 0 Å². The average Bonchev–Trinajstić information content (AvgIpc) is 2.98. The van der Waals surface area contributed by atoms with Gasteiger partial charge < -0.3 is 15.4 Å². The maximum absolute atomic E-state index is 13.0. The highest BCUT2D eigenvalue weighted by Gasteiger charge is 2.17. The highest BCUT2D eigenvalue weighted by molar-refractivity contribution is 5.92. The van der Waals surface area contributed by atoms with Crippen molar-refractivity contribution < 1.29 is 18.7 Å². The molecule has 0 aliphatic carbocycles. The van der Waals surface area contributed by atoms with Gasteiger partial charge in [-0.25, -0.2) is 4.39 Å². The molecule has 0 aromatic heterocycles. The summed E-state index contributed by atoms with van der Waals surface area (Å²) in [6, 6.07) is 5.68. The van der Waals surface area contributed by atoms with Gasteiger partial charge in [-0.1, -0.05) is 6.07 Å². The van der Waals surface area contributed by atoms with Gasteiger partial charge in [-0.15, -0.1) is 0 Å². The van der Waals surface area contributed by atoms with Crippen molar-refractivity contribution in [2.75, 3.05) is 38.6 Å². The lowest BCUT2D eigenvalue weighted by molar-refractivity contribution is -0.123. The van der Waals surface area contributed by atoms with Crippen molar-refractivity contribution in [2.24, 2.45) is 0 Å². The molecule has 2 rings (SSSR count). The molecule has 1 aliphatic heterocycles. The molecule has 126 valence electrons. The lowest BCUT2D eigenvalue weighted by atomic mass is 10.2. The van der Waals surface area contributed by atoms with E-state index in [0.29, 0.717) is 12.2 Å². The van der Waals surface area contributed by atoms with Gasteiger partial charge in [0.2, 0.25) is 11.8 Å². The molecule has 0 radical (unpaired) electrons. The highest BCUT2D eigenvalue weighted by Crippen LogP contribution is 2.10. The number of likely N-dealkylation sites (N-methyl/N-ethyl adjacent to an activating group) is 1. The Bertz CT molecular complexity index is 547. The molecule has 0 bridgehead atoms. The van der Waals surface area contributed by atoms with Crippen LogP contribution in [0.4, 0.5) is 10.1 Å². The normalized spacial score (nSPS) is 17.3. The van der Waals surface area contributed by atoms with E-state index in [1.54, 1.807) is 18.0 Å². The molecule has 2 N–H and O–H groups in total. The Morgan fingerprint density at radius 1 is 1.35 bits per heavy atom. The molecule has 2 amide bonds. The number of carbonyl (C=O) groups excluding carboxylic acids is 2. The molecule has 0 unspecified atom stereocenters. The number of hydrogen-bond donors (Lipinski definition) is 2. The first-order chi connectivity index (χ1) is 11.0. The van der Waals surface area contributed by atoms with Gasteiger partial charge in [-0.05, 0) is 38.1 Å². The third-order valence-corrected chi connectivity index (χ3v) is 3.49. The summed E-state index contributed by atoms with van der Waals surface area (Å²) in [6.07, 6.45) is 2.09. The average molecular weight is 323 g/mol. The minimum Gasteiger partial charge on any atom is -0.376 e. The zero-order chi connectivity index (χ0) is 16.7. The summed E-state index contributed by atoms with van der Waals surface area (Å²) < 4.78 is 18.5. The van der Waals surface area contributed by atoms with Crippen LogP contribution in [0.25, 0.3) is 0 Å². The topological polar surface area (TPSA) is 70.7 Å². The summed E-state index contributed by atoms with van der Waals surface area (Å²) in [5.74, 6) is -0.865. The van der Waals surface area contributed by atoms with Crippen LogP contribution in [0.1, 0.15) is 12.8 Å². The van der Waals surface area contributed by atoms with Crippen LogP contribution in [-0.4, -0.2) is 56.1 Å². The second-order valence-corrected chi connectivity index (χ2v) is 5.67. The number of hydrogen-bond acceptors (Lipinski definition) is 4. The first-order valence-corrected chi connectivity index (χ1v) is 7.65. The van der Waals surface area contributed by atoms with Crippen LogP contribution in [0.15, 0.2) is 24.3 Å². The molecular weight excluding hydrogens is 301 g/mol.